The monoisotopic (exact) mass is 344 g/mol. The Labute approximate surface area is 147 Å². The lowest BCUT2D eigenvalue weighted by molar-refractivity contribution is -0.0154. The molecule has 2 amide bonds. The number of carbonyl (C=O) groups is 1. The number of amides is 2. The molecule has 1 aromatic carbocycles. The number of nitrogens with zero attached hydrogens (tertiary/aromatic N) is 3. The van der Waals surface area contributed by atoms with Gasteiger partial charge >= 0.3 is 6.03 Å². The van der Waals surface area contributed by atoms with E-state index in [-0.39, 0.29) is 12.1 Å². The quantitative estimate of drug-likeness (QED) is 0.900. The van der Waals surface area contributed by atoms with E-state index in [2.05, 4.69) is 46.6 Å². The lowest BCUT2D eigenvalue weighted by Gasteiger charge is -2.33. The van der Waals surface area contributed by atoms with Gasteiger partial charge in [-0.25, -0.2) is 4.79 Å². The van der Waals surface area contributed by atoms with Crippen molar-refractivity contribution in [3.8, 4) is 0 Å². The van der Waals surface area contributed by atoms with Crippen molar-refractivity contribution >= 4 is 6.03 Å². The molecule has 25 heavy (non-hydrogen) atoms. The summed E-state index contributed by atoms with van der Waals surface area (Å²) >= 11 is 0. The highest BCUT2D eigenvalue weighted by Crippen LogP contribution is 2.22. The molecule has 1 aliphatic heterocycles. The molecule has 0 saturated carbocycles. The molecule has 0 aliphatic carbocycles. The fourth-order valence-electron chi connectivity index (χ4n) is 2.83. The third-order valence-electron chi connectivity index (χ3n) is 4.30. The number of aromatic nitrogens is 2. The maximum atomic E-state index is 12.4. The molecule has 134 valence electrons. The minimum absolute atomic E-state index is 0.0796. The van der Waals surface area contributed by atoms with Gasteiger partial charge in [-0.2, -0.15) is 4.98 Å². The number of aryl methyl sites for hydroxylation is 2. The number of hydrogen-bond acceptors (Lipinski definition) is 5. The molecular formula is C18H24N4O3. The van der Waals surface area contributed by atoms with Crippen LogP contribution in [0, 0.1) is 6.92 Å². The zero-order valence-electron chi connectivity index (χ0n) is 14.7. The summed E-state index contributed by atoms with van der Waals surface area (Å²) in [5.41, 5.74) is 2.40. The van der Waals surface area contributed by atoms with Gasteiger partial charge < -0.3 is 19.5 Å². The van der Waals surface area contributed by atoms with Gasteiger partial charge in [0.15, 0.2) is 5.82 Å². The molecule has 7 nitrogen and oxygen atoms in total. The summed E-state index contributed by atoms with van der Waals surface area (Å²) < 4.78 is 10.9. The summed E-state index contributed by atoms with van der Waals surface area (Å²) in [6, 6.07) is 8.31. The second-order valence-electron chi connectivity index (χ2n) is 6.12. The van der Waals surface area contributed by atoms with Gasteiger partial charge in [0.05, 0.1) is 13.2 Å². The highest BCUT2D eigenvalue weighted by atomic mass is 16.5. The molecule has 1 aliphatic rings. The molecule has 2 aromatic rings. The molecule has 7 heteroatoms. The first kappa shape index (κ1) is 17.4. The summed E-state index contributed by atoms with van der Waals surface area (Å²) in [5, 5.41) is 6.64. The van der Waals surface area contributed by atoms with Crippen LogP contribution in [0.4, 0.5) is 4.79 Å². The van der Waals surface area contributed by atoms with Gasteiger partial charge in [0, 0.05) is 19.5 Å². The summed E-state index contributed by atoms with van der Waals surface area (Å²) in [5.74, 6) is 1.14. The van der Waals surface area contributed by atoms with Crippen LogP contribution >= 0.6 is 0 Å². The van der Waals surface area contributed by atoms with E-state index in [9.17, 15) is 4.79 Å². The SMILES string of the molecule is CCc1ccc(C2CN(C(=O)NCCc3nc(C)no3)CCO2)cc1. The Hall–Kier alpha value is -2.41. The molecule has 1 aromatic heterocycles. The number of urea groups is 1. The van der Waals surface area contributed by atoms with Crippen molar-refractivity contribution < 1.29 is 14.1 Å². The van der Waals surface area contributed by atoms with Gasteiger partial charge in [0.1, 0.15) is 6.10 Å². The minimum atomic E-state index is -0.0882. The molecule has 1 N–H and O–H groups in total. The standard InChI is InChI=1S/C18H24N4O3/c1-3-14-4-6-15(7-5-14)16-12-22(10-11-24-16)18(23)19-9-8-17-20-13(2)21-25-17/h4-7,16H,3,8-12H2,1-2H3,(H,19,23). The molecule has 1 fully saturated rings. The fourth-order valence-corrected chi connectivity index (χ4v) is 2.83. The lowest BCUT2D eigenvalue weighted by Crippen LogP contribution is -2.47. The number of ether oxygens (including phenoxy) is 1. The van der Waals surface area contributed by atoms with Gasteiger partial charge in [0.25, 0.3) is 0 Å². The molecule has 0 spiro atoms. The molecule has 1 unspecified atom stereocenters. The van der Waals surface area contributed by atoms with E-state index in [1.165, 1.54) is 5.56 Å². The second kappa shape index (κ2) is 8.11. The molecule has 3 rings (SSSR count). The molecule has 1 atom stereocenters. The summed E-state index contributed by atoms with van der Waals surface area (Å²) in [6.45, 7) is 6.05. The number of hydrogen-bond donors (Lipinski definition) is 1. The average molecular weight is 344 g/mol. The number of morpholine rings is 1. The van der Waals surface area contributed by atoms with Gasteiger partial charge in [-0.15, -0.1) is 0 Å². The van der Waals surface area contributed by atoms with Crippen molar-refractivity contribution in [1.29, 1.82) is 0 Å². The molecule has 2 heterocycles. The number of benzene rings is 1. The number of rotatable bonds is 5. The van der Waals surface area contributed by atoms with Gasteiger partial charge in [-0.05, 0) is 24.5 Å². The van der Waals surface area contributed by atoms with Crippen molar-refractivity contribution in [3.05, 3.63) is 47.1 Å². The van der Waals surface area contributed by atoms with Crippen LogP contribution in [-0.4, -0.2) is 47.3 Å². The van der Waals surface area contributed by atoms with Crippen LogP contribution in [0.5, 0.6) is 0 Å². The van der Waals surface area contributed by atoms with Crippen LogP contribution in [-0.2, 0) is 17.6 Å². The number of carbonyl (C=O) groups excluding carboxylic acids is 1. The van der Waals surface area contributed by atoms with E-state index in [0.717, 1.165) is 12.0 Å². The van der Waals surface area contributed by atoms with Crippen molar-refractivity contribution in [2.24, 2.45) is 0 Å². The van der Waals surface area contributed by atoms with Crippen molar-refractivity contribution in [1.82, 2.24) is 20.4 Å². The molecular weight excluding hydrogens is 320 g/mol. The molecule has 0 radical (unpaired) electrons. The Bertz CT molecular complexity index is 699. The van der Waals surface area contributed by atoms with Gasteiger partial charge in [0.2, 0.25) is 5.89 Å². The smallest absolute Gasteiger partial charge is 0.317 e. The van der Waals surface area contributed by atoms with E-state index in [0.29, 0.717) is 44.4 Å². The first-order chi connectivity index (χ1) is 12.2. The van der Waals surface area contributed by atoms with E-state index in [4.69, 9.17) is 9.26 Å². The van der Waals surface area contributed by atoms with Crippen molar-refractivity contribution in [2.45, 2.75) is 32.8 Å². The van der Waals surface area contributed by atoms with E-state index >= 15 is 0 Å². The molecule has 1 saturated heterocycles. The van der Waals surface area contributed by atoms with Crippen LogP contribution in [0.3, 0.4) is 0 Å². The van der Waals surface area contributed by atoms with E-state index < -0.39 is 0 Å². The first-order valence-electron chi connectivity index (χ1n) is 8.68. The Morgan fingerprint density at radius 3 is 2.84 bits per heavy atom. The lowest BCUT2D eigenvalue weighted by atomic mass is 10.0. The highest BCUT2D eigenvalue weighted by Gasteiger charge is 2.25. The third kappa shape index (κ3) is 4.57. The number of nitrogens with one attached hydrogen (secondary N) is 1. The predicted octanol–water partition coefficient (Wildman–Crippen LogP) is 2.27. The average Bonchev–Trinajstić information content (AvgIpc) is 3.07. The normalized spacial score (nSPS) is 17.5. The Kier molecular flexibility index (Phi) is 5.65. The molecule has 0 bridgehead atoms. The minimum Gasteiger partial charge on any atom is -0.370 e. The second-order valence-corrected chi connectivity index (χ2v) is 6.12. The first-order valence-corrected chi connectivity index (χ1v) is 8.68. The van der Waals surface area contributed by atoms with E-state index in [1.54, 1.807) is 11.8 Å². The predicted molar refractivity (Wildman–Crippen MR) is 92.2 cm³/mol. The van der Waals surface area contributed by atoms with Gasteiger partial charge in [-0.3, -0.25) is 0 Å². The van der Waals surface area contributed by atoms with Crippen LogP contribution in [0.1, 0.15) is 35.9 Å². The van der Waals surface area contributed by atoms with Crippen LogP contribution in [0.15, 0.2) is 28.8 Å². The maximum absolute atomic E-state index is 12.4. The topological polar surface area (TPSA) is 80.5 Å². The van der Waals surface area contributed by atoms with Crippen molar-refractivity contribution in [2.75, 3.05) is 26.2 Å². The Morgan fingerprint density at radius 2 is 2.16 bits per heavy atom. The summed E-state index contributed by atoms with van der Waals surface area (Å²) in [6.07, 6.45) is 1.46. The van der Waals surface area contributed by atoms with Crippen LogP contribution in [0.2, 0.25) is 0 Å². The third-order valence-corrected chi connectivity index (χ3v) is 4.30. The zero-order valence-corrected chi connectivity index (χ0v) is 14.7. The zero-order chi connectivity index (χ0) is 17.6. The Morgan fingerprint density at radius 1 is 1.36 bits per heavy atom. The largest absolute Gasteiger partial charge is 0.370 e. The summed E-state index contributed by atoms with van der Waals surface area (Å²) in [7, 11) is 0. The van der Waals surface area contributed by atoms with E-state index in [1.807, 2.05) is 0 Å². The van der Waals surface area contributed by atoms with Crippen molar-refractivity contribution in [3.63, 3.8) is 0 Å². The maximum Gasteiger partial charge on any atom is 0.317 e. The van der Waals surface area contributed by atoms with Crippen LogP contribution < -0.4 is 5.32 Å². The Balaban J connectivity index is 1.50. The highest BCUT2D eigenvalue weighted by molar-refractivity contribution is 5.74. The fraction of sp³-hybridized carbons (Fsp3) is 0.500. The summed E-state index contributed by atoms with van der Waals surface area (Å²) in [4.78, 5) is 18.3. The van der Waals surface area contributed by atoms with Gasteiger partial charge in [-0.1, -0.05) is 36.3 Å². The van der Waals surface area contributed by atoms with Crippen LogP contribution in [0.25, 0.3) is 0 Å².